The molecule has 1 fully saturated rings. The fourth-order valence-electron chi connectivity index (χ4n) is 3.87. The van der Waals surface area contributed by atoms with Crippen LogP contribution < -0.4 is 0 Å². The molecule has 0 spiro atoms. The monoisotopic (exact) mass is 327 g/mol. The van der Waals surface area contributed by atoms with E-state index in [1.807, 2.05) is 59.5 Å². The molecule has 124 valence electrons. The van der Waals surface area contributed by atoms with Gasteiger partial charge in [0.15, 0.2) is 0 Å². The van der Waals surface area contributed by atoms with Crippen LogP contribution in [0.1, 0.15) is 35.6 Å². The molecule has 2 atom stereocenters. The van der Waals surface area contributed by atoms with Crippen molar-refractivity contribution in [2.75, 3.05) is 0 Å². The number of carbonyl (C=O) groups is 1. The molecule has 1 heterocycles. The van der Waals surface area contributed by atoms with Gasteiger partial charge in [-0.2, -0.15) is 0 Å². The van der Waals surface area contributed by atoms with Gasteiger partial charge < -0.3 is 4.90 Å². The van der Waals surface area contributed by atoms with E-state index in [-0.39, 0.29) is 23.9 Å². The number of likely N-dealkylation sites (tertiary alicyclic amines) is 1. The second kappa shape index (κ2) is 6.56. The zero-order chi connectivity index (χ0) is 17.2. The maximum absolute atomic E-state index is 13.1. The largest absolute Gasteiger partial charge is 0.327 e. The first-order valence-electron chi connectivity index (χ1n) is 8.74. The van der Waals surface area contributed by atoms with E-state index in [2.05, 4.69) is 43.3 Å². The molecule has 3 aromatic rings. The minimum atomic E-state index is -0.0453. The summed E-state index contributed by atoms with van der Waals surface area (Å²) in [5.41, 5.74) is 3.41. The molecule has 0 bridgehead atoms. The maximum atomic E-state index is 13.1. The lowest BCUT2D eigenvalue weighted by Crippen LogP contribution is -2.59. The third-order valence-corrected chi connectivity index (χ3v) is 5.11. The molecule has 0 radical (unpaired) electrons. The second-order valence-electron chi connectivity index (χ2n) is 6.60. The van der Waals surface area contributed by atoms with Crippen LogP contribution >= 0.6 is 0 Å². The van der Waals surface area contributed by atoms with E-state index in [0.717, 1.165) is 16.7 Å². The average molecular weight is 327 g/mol. The zero-order valence-electron chi connectivity index (χ0n) is 14.2. The first kappa shape index (κ1) is 15.6. The molecule has 0 aromatic heterocycles. The van der Waals surface area contributed by atoms with E-state index >= 15 is 0 Å². The van der Waals surface area contributed by atoms with E-state index < -0.39 is 0 Å². The molecule has 3 aromatic carbocycles. The summed E-state index contributed by atoms with van der Waals surface area (Å²) in [7, 11) is 0. The fraction of sp³-hybridized carbons (Fsp3) is 0.174. The van der Waals surface area contributed by atoms with Crippen LogP contribution in [0.15, 0.2) is 91.0 Å². The van der Waals surface area contributed by atoms with Crippen molar-refractivity contribution < 1.29 is 4.79 Å². The summed E-state index contributed by atoms with van der Waals surface area (Å²) in [5.74, 6) is 0.160. The number of benzene rings is 3. The van der Waals surface area contributed by atoms with Gasteiger partial charge in [0, 0.05) is 6.04 Å². The van der Waals surface area contributed by atoms with E-state index in [0.29, 0.717) is 0 Å². The lowest BCUT2D eigenvalue weighted by atomic mass is 9.79. The zero-order valence-corrected chi connectivity index (χ0v) is 14.2. The highest BCUT2D eigenvalue weighted by atomic mass is 16.2. The van der Waals surface area contributed by atoms with E-state index in [1.54, 1.807) is 0 Å². The van der Waals surface area contributed by atoms with Gasteiger partial charge in [-0.3, -0.25) is 4.79 Å². The Hall–Kier alpha value is -2.87. The first-order chi connectivity index (χ1) is 12.3. The van der Waals surface area contributed by atoms with Crippen LogP contribution in [0.5, 0.6) is 0 Å². The predicted molar refractivity (Wildman–Crippen MR) is 100 cm³/mol. The van der Waals surface area contributed by atoms with Gasteiger partial charge in [0.25, 0.3) is 0 Å². The van der Waals surface area contributed by atoms with Gasteiger partial charge in [-0.15, -0.1) is 0 Å². The van der Waals surface area contributed by atoms with E-state index in [1.165, 1.54) is 0 Å². The Morgan fingerprint density at radius 2 is 1.16 bits per heavy atom. The quantitative estimate of drug-likeness (QED) is 0.631. The summed E-state index contributed by atoms with van der Waals surface area (Å²) < 4.78 is 0. The molecule has 0 unspecified atom stereocenters. The first-order valence-corrected chi connectivity index (χ1v) is 8.74. The summed E-state index contributed by atoms with van der Waals surface area (Å²) in [6.07, 6.45) is 0. The molecule has 1 aliphatic rings. The molecule has 2 nitrogen and oxygen atoms in total. The molecular weight excluding hydrogens is 306 g/mol. The number of hydrogen-bond acceptors (Lipinski definition) is 1. The summed E-state index contributed by atoms with van der Waals surface area (Å²) in [5, 5.41) is 0. The van der Waals surface area contributed by atoms with Gasteiger partial charge in [-0.1, -0.05) is 91.0 Å². The lowest BCUT2D eigenvalue weighted by molar-refractivity contribution is -0.151. The number of β-lactam (4-membered cyclic amide) rings is 1. The molecule has 25 heavy (non-hydrogen) atoms. The summed E-state index contributed by atoms with van der Waals surface area (Å²) in [6, 6.07) is 30.8. The van der Waals surface area contributed by atoms with Crippen LogP contribution in [-0.4, -0.2) is 16.8 Å². The summed E-state index contributed by atoms with van der Waals surface area (Å²) in [4.78, 5) is 15.1. The normalized spacial score (nSPS) is 19.8. The minimum Gasteiger partial charge on any atom is -0.327 e. The van der Waals surface area contributed by atoms with Crippen LogP contribution in [0, 0.1) is 0 Å². The molecule has 1 amide bonds. The molecule has 0 saturated carbocycles. The minimum absolute atomic E-state index is 0.0372. The van der Waals surface area contributed by atoms with Crippen molar-refractivity contribution >= 4 is 5.91 Å². The third-order valence-electron chi connectivity index (χ3n) is 5.11. The Bertz CT molecular complexity index is 806. The van der Waals surface area contributed by atoms with Crippen LogP contribution in [0.2, 0.25) is 0 Å². The number of amides is 1. The Labute approximate surface area is 148 Å². The third kappa shape index (κ3) is 2.74. The van der Waals surface area contributed by atoms with Gasteiger partial charge in [-0.25, -0.2) is 0 Å². The van der Waals surface area contributed by atoms with Crippen molar-refractivity contribution in [2.24, 2.45) is 0 Å². The average Bonchev–Trinajstić information content (AvgIpc) is 2.68. The van der Waals surface area contributed by atoms with Gasteiger partial charge in [0.05, 0.1) is 12.0 Å². The highest BCUT2D eigenvalue weighted by Gasteiger charge is 2.48. The molecular formula is C23H21NO. The highest BCUT2D eigenvalue weighted by molar-refractivity contribution is 5.91. The SMILES string of the molecule is C[C@H]1[C@@H](c2ccccc2)C(=O)N1C(c1ccccc1)c1ccccc1. The summed E-state index contributed by atoms with van der Waals surface area (Å²) >= 11 is 0. The van der Waals surface area contributed by atoms with Gasteiger partial charge in [0.1, 0.15) is 0 Å². The number of carbonyl (C=O) groups excluding carboxylic acids is 1. The van der Waals surface area contributed by atoms with E-state index in [4.69, 9.17) is 0 Å². The topological polar surface area (TPSA) is 20.3 Å². The van der Waals surface area contributed by atoms with Crippen LogP contribution in [-0.2, 0) is 4.79 Å². The molecule has 2 heteroatoms. The van der Waals surface area contributed by atoms with Crippen LogP contribution in [0.3, 0.4) is 0 Å². The Balaban J connectivity index is 1.71. The van der Waals surface area contributed by atoms with Crippen LogP contribution in [0.4, 0.5) is 0 Å². The van der Waals surface area contributed by atoms with Gasteiger partial charge in [-0.05, 0) is 23.6 Å². The number of rotatable bonds is 4. The number of nitrogens with zero attached hydrogens (tertiary/aromatic N) is 1. The van der Waals surface area contributed by atoms with Crippen molar-refractivity contribution in [3.63, 3.8) is 0 Å². The predicted octanol–water partition coefficient (Wildman–Crippen LogP) is 4.79. The molecule has 1 saturated heterocycles. The standard InChI is InChI=1S/C23H21NO/c1-17-21(18-11-5-2-6-12-18)23(25)24(17)22(19-13-7-3-8-14-19)20-15-9-4-10-16-20/h2-17,21-22H,1H3/t17-,21-/m0/s1. The van der Waals surface area contributed by atoms with E-state index in [9.17, 15) is 4.79 Å². The van der Waals surface area contributed by atoms with Crippen molar-refractivity contribution in [2.45, 2.75) is 24.9 Å². The van der Waals surface area contributed by atoms with Crippen molar-refractivity contribution in [1.82, 2.24) is 4.90 Å². The smallest absolute Gasteiger partial charge is 0.233 e. The Morgan fingerprint density at radius 3 is 1.60 bits per heavy atom. The fourth-order valence-corrected chi connectivity index (χ4v) is 3.87. The Kier molecular flexibility index (Phi) is 4.10. The van der Waals surface area contributed by atoms with Gasteiger partial charge >= 0.3 is 0 Å². The molecule has 1 aliphatic heterocycles. The Morgan fingerprint density at radius 1 is 0.720 bits per heavy atom. The van der Waals surface area contributed by atoms with Crippen molar-refractivity contribution in [3.05, 3.63) is 108 Å². The second-order valence-corrected chi connectivity index (χ2v) is 6.60. The maximum Gasteiger partial charge on any atom is 0.233 e. The van der Waals surface area contributed by atoms with Crippen molar-refractivity contribution in [3.8, 4) is 0 Å². The number of hydrogen-bond donors (Lipinski definition) is 0. The molecule has 4 rings (SSSR count). The summed E-state index contributed by atoms with van der Waals surface area (Å²) in [6.45, 7) is 2.15. The molecule has 0 aliphatic carbocycles. The highest BCUT2D eigenvalue weighted by Crippen LogP contribution is 2.43. The lowest BCUT2D eigenvalue weighted by Gasteiger charge is -2.50. The van der Waals surface area contributed by atoms with Crippen molar-refractivity contribution in [1.29, 1.82) is 0 Å². The van der Waals surface area contributed by atoms with Crippen LogP contribution in [0.25, 0.3) is 0 Å². The molecule has 0 N–H and O–H groups in total. The van der Waals surface area contributed by atoms with Gasteiger partial charge in [0.2, 0.25) is 5.91 Å².